The molecule has 0 N–H and O–H groups in total. The summed E-state index contributed by atoms with van der Waals surface area (Å²) in [6.45, 7) is 2.48. The van der Waals surface area contributed by atoms with E-state index >= 15 is 0 Å². The molecule has 6 nitrogen and oxygen atoms in total. The Morgan fingerprint density at radius 1 is 1.36 bits per heavy atom. The molecule has 0 spiro atoms. The van der Waals surface area contributed by atoms with Gasteiger partial charge in [-0.25, -0.2) is 4.98 Å². The van der Waals surface area contributed by atoms with E-state index in [1.165, 1.54) is 12.1 Å². The zero-order valence-corrected chi connectivity index (χ0v) is 14.5. The summed E-state index contributed by atoms with van der Waals surface area (Å²) in [6.07, 6.45) is 6.23. The number of nitro groups is 1. The van der Waals surface area contributed by atoms with Crippen LogP contribution in [0.15, 0.2) is 47.2 Å². The SMILES string of the molecule is CCCOc1cc(OC2=C(Cl)CCC=C2)nc2ccc([N+](=O)[O-])cc12. The number of nitro benzene ring substituents is 1. The number of hydrogen-bond acceptors (Lipinski definition) is 5. The zero-order chi connectivity index (χ0) is 17.8. The van der Waals surface area contributed by atoms with Crippen molar-refractivity contribution in [3.05, 3.63) is 57.3 Å². The predicted octanol–water partition coefficient (Wildman–Crippen LogP) is 5.11. The van der Waals surface area contributed by atoms with Gasteiger partial charge in [-0.15, -0.1) is 0 Å². The topological polar surface area (TPSA) is 74.5 Å². The van der Waals surface area contributed by atoms with Gasteiger partial charge in [0.1, 0.15) is 11.5 Å². The maximum Gasteiger partial charge on any atom is 0.270 e. The molecule has 0 bridgehead atoms. The first-order valence-corrected chi connectivity index (χ1v) is 8.41. The molecule has 0 saturated heterocycles. The van der Waals surface area contributed by atoms with E-state index in [0.29, 0.717) is 39.9 Å². The van der Waals surface area contributed by atoms with Crippen LogP contribution in [0.4, 0.5) is 5.69 Å². The van der Waals surface area contributed by atoms with Gasteiger partial charge < -0.3 is 9.47 Å². The maximum atomic E-state index is 11.0. The van der Waals surface area contributed by atoms with Crippen molar-refractivity contribution in [2.45, 2.75) is 26.2 Å². The van der Waals surface area contributed by atoms with Crippen molar-refractivity contribution in [3.63, 3.8) is 0 Å². The molecule has 130 valence electrons. The van der Waals surface area contributed by atoms with Gasteiger partial charge in [-0.3, -0.25) is 10.1 Å². The summed E-state index contributed by atoms with van der Waals surface area (Å²) < 4.78 is 11.6. The fourth-order valence-electron chi connectivity index (χ4n) is 2.47. The van der Waals surface area contributed by atoms with Gasteiger partial charge in [-0.1, -0.05) is 24.6 Å². The minimum atomic E-state index is -0.440. The molecule has 3 rings (SSSR count). The van der Waals surface area contributed by atoms with Crippen LogP contribution >= 0.6 is 11.6 Å². The Bertz CT molecular complexity index is 877. The van der Waals surface area contributed by atoms with E-state index in [2.05, 4.69) is 4.98 Å². The van der Waals surface area contributed by atoms with E-state index in [4.69, 9.17) is 21.1 Å². The van der Waals surface area contributed by atoms with Crippen molar-refractivity contribution in [1.29, 1.82) is 0 Å². The molecule has 0 unspecified atom stereocenters. The van der Waals surface area contributed by atoms with Crippen LogP contribution in [0.5, 0.6) is 11.6 Å². The standard InChI is InChI=1S/C18H17ClN2O4/c1-2-9-24-17-11-18(25-16-6-4-3-5-14(16)19)20-15-8-7-12(21(22)23)10-13(15)17/h4,6-8,10-11H,2-3,5,9H2,1H3. The van der Waals surface area contributed by atoms with Gasteiger partial charge in [0, 0.05) is 23.6 Å². The third kappa shape index (κ3) is 3.91. The van der Waals surface area contributed by atoms with E-state index in [1.54, 1.807) is 12.1 Å². The second kappa shape index (κ2) is 7.53. The van der Waals surface area contributed by atoms with Crippen molar-refractivity contribution in [1.82, 2.24) is 4.98 Å². The van der Waals surface area contributed by atoms with E-state index in [1.807, 2.05) is 19.1 Å². The minimum absolute atomic E-state index is 0.00900. The number of pyridine rings is 1. The molecule has 0 atom stereocenters. The van der Waals surface area contributed by atoms with Crippen molar-refractivity contribution < 1.29 is 14.4 Å². The van der Waals surface area contributed by atoms with Crippen LogP contribution in [0.25, 0.3) is 10.9 Å². The maximum absolute atomic E-state index is 11.0. The van der Waals surface area contributed by atoms with E-state index in [0.717, 1.165) is 19.3 Å². The van der Waals surface area contributed by atoms with Gasteiger partial charge in [-0.05, 0) is 31.4 Å². The molecule has 1 aromatic carbocycles. The van der Waals surface area contributed by atoms with Crippen molar-refractivity contribution in [2.75, 3.05) is 6.61 Å². The van der Waals surface area contributed by atoms with Gasteiger partial charge in [0.25, 0.3) is 5.69 Å². The highest BCUT2D eigenvalue weighted by Gasteiger charge is 2.15. The van der Waals surface area contributed by atoms with Gasteiger partial charge in [0.2, 0.25) is 5.88 Å². The molecule has 1 aliphatic rings. The van der Waals surface area contributed by atoms with Crippen LogP contribution in [0.2, 0.25) is 0 Å². The number of rotatable bonds is 6. The molecule has 0 amide bonds. The van der Waals surface area contributed by atoms with Crippen LogP contribution in [-0.2, 0) is 0 Å². The Kier molecular flexibility index (Phi) is 5.19. The molecular formula is C18H17ClN2O4. The number of benzene rings is 1. The molecule has 0 aliphatic heterocycles. The number of halogens is 1. The summed E-state index contributed by atoms with van der Waals surface area (Å²) in [5.41, 5.74) is 0.552. The van der Waals surface area contributed by atoms with Crippen LogP contribution in [0.1, 0.15) is 26.2 Å². The number of non-ortho nitro benzene ring substituents is 1. The Hall–Kier alpha value is -2.60. The quantitative estimate of drug-likeness (QED) is 0.528. The lowest BCUT2D eigenvalue weighted by atomic mass is 10.1. The second-order valence-corrected chi connectivity index (χ2v) is 6.03. The number of nitrogens with zero attached hydrogens (tertiary/aromatic N) is 2. The normalized spacial score (nSPS) is 14.0. The fourth-order valence-corrected chi connectivity index (χ4v) is 2.68. The lowest BCUT2D eigenvalue weighted by Crippen LogP contribution is -2.02. The van der Waals surface area contributed by atoms with Crippen molar-refractivity contribution >= 4 is 28.2 Å². The number of fused-ring (bicyclic) bond motifs is 1. The molecule has 25 heavy (non-hydrogen) atoms. The first-order chi connectivity index (χ1) is 12.1. The third-order valence-electron chi connectivity index (χ3n) is 3.68. The Morgan fingerprint density at radius 3 is 2.92 bits per heavy atom. The Balaban J connectivity index is 2.04. The highest BCUT2D eigenvalue weighted by Crippen LogP contribution is 2.33. The lowest BCUT2D eigenvalue weighted by molar-refractivity contribution is -0.384. The van der Waals surface area contributed by atoms with Crippen LogP contribution < -0.4 is 9.47 Å². The summed E-state index contributed by atoms with van der Waals surface area (Å²) in [5.74, 6) is 1.40. The summed E-state index contributed by atoms with van der Waals surface area (Å²) >= 11 is 6.20. The Labute approximate surface area is 149 Å². The van der Waals surface area contributed by atoms with Crippen molar-refractivity contribution in [3.8, 4) is 11.6 Å². The fraction of sp³-hybridized carbons (Fsp3) is 0.278. The van der Waals surface area contributed by atoms with Crippen LogP contribution in [-0.4, -0.2) is 16.5 Å². The number of allylic oxidation sites excluding steroid dienone is 3. The molecular weight excluding hydrogens is 344 g/mol. The molecule has 0 saturated carbocycles. The minimum Gasteiger partial charge on any atom is -0.493 e. The third-order valence-corrected chi connectivity index (χ3v) is 4.06. The lowest BCUT2D eigenvalue weighted by Gasteiger charge is -2.14. The monoisotopic (exact) mass is 360 g/mol. The average molecular weight is 361 g/mol. The summed E-state index contributed by atoms with van der Waals surface area (Å²) in [6, 6.07) is 6.10. The second-order valence-electron chi connectivity index (χ2n) is 5.58. The molecule has 0 radical (unpaired) electrons. The number of ether oxygens (including phenoxy) is 2. The summed E-state index contributed by atoms with van der Waals surface area (Å²) in [7, 11) is 0. The molecule has 1 heterocycles. The van der Waals surface area contributed by atoms with Gasteiger partial charge in [-0.2, -0.15) is 0 Å². The summed E-state index contributed by atoms with van der Waals surface area (Å²) in [4.78, 5) is 15.0. The number of aromatic nitrogens is 1. The van der Waals surface area contributed by atoms with E-state index in [-0.39, 0.29) is 5.69 Å². The smallest absolute Gasteiger partial charge is 0.270 e. The average Bonchev–Trinajstić information content (AvgIpc) is 2.61. The predicted molar refractivity (Wildman–Crippen MR) is 96.1 cm³/mol. The van der Waals surface area contributed by atoms with E-state index < -0.39 is 4.92 Å². The zero-order valence-electron chi connectivity index (χ0n) is 13.7. The summed E-state index contributed by atoms with van der Waals surface area (Å²) in [5, 5.41) is 12.2. The molecule has 1 aliphatic carbocycles. The first kappa shape index (κ1) is 17.2. The highest BCUT2D eigenvalue weighted by atomic mass is 35.5. The molecule has 1 aromatic heterocycles. The van der Waals surface area contributed by atoms with Crippen molar-refractivity contribution in [2.24, 2.45) is 0 Å². The van der Waals surface area contributed by atoms with Gasteiger partial charge in [0.15, 0.2) is 0 Å². The highest BCUT2D eigenvalue weighted by molar-refractivity contribution is 6.30. The first-order valence-electron chi connectivity index (χ1n) is 8.03. The number of hydrogen-bond donors (Lipinski definition) is 0. The molecule has 2 aromatic rings. The van der Waals surface area contributed by atoms with Gasteiger partial charge >= 0.3 is 0 Å². The Morgan fingerprint density at radius 2 is 2.20 bits per heavy atom. The molecule has 7 heteroatoms. The van der Waals surface area contributed by atoms with Gasteiger partial charge in [0.05, 0.1) is 22.1 Å². The van der Waals surface area contributed by atoms with Crippen LogP contribution in [0, 0.1) is 10.1 Å². The van der Waals surface area contributed by atoms with Crippen LogP contribution in [0.3, 0.4) is 0 Å². The molecule has 0 fully saturated rings. The largest absolute Gasteiger partial charge is 0.493 e. The van der Waals surface area contributed by atoms with E-state index in [9.17, 15) is 10.1 Å².